The Hall–Kier alpha value is -2.26. The fraction of sp³-hybridized carbons (Fsp3) is 0.286. The first kappa shape index (κ1) is 15.3. The molecule has 0 radical (unpaired) electrons. The van der Waals surface area contributed by atoms with Crippen LogP contribution in [0.3, 0.4) is 0 Å². The number of hydrogen-bond acceptors (Lipinski definition) is 2. The number of halogens is 1. The Morgan fingerprint density at radius 1 is 1.04 bits per heavy atom. The van der Waals surface area contributed by atoms with E-state index in [-0.39, 0.29) is 5.82 Å². The molecule has 122 valence electrons. The van der Waals surface area contributed by atoms with E-state index >= 15 is 0 Å². The van der Waals surface area contributed by atoms with Crippen LogP contribution < -0.4 is 0 Å². The molecular formula is C21H21FN2. The van der Waals surface area contributed by atoms with Crippen molar-refractivity contribution in [3.63, 3.8) is 0 Å². The molecule has 0 spiro atoms. The van der Waals surface area contributed by atoms with Crippen LogP contribution in [0.4, 0.5) is 4.39 Å². The first-order valence-electron chi connectivity index (χ1n) is 8.61. The van der Waals surface area contributed by atoms with Crippen molar-refractivity contribution in [1.82, 2.24) is 9.88 Å². The van der Waals surface area contributed by atoms with Crippen molar-refractivity contribution in [1.29, 1.82) is 0 Å². The molecule has 24 heavy (non-hydrogen) atoms. The summed E-state index contributed by atoms with van der Waals surface area (Å²) in [6, 6.07) is 18.1. The van der Waals surface area contributed by atoms with Gasteiger partial charge in [-0.25, -0.2) is 4.39 Å². The number of pyridine rings is 1. The van der Waals surface area contributed by atoms with Crippen molar-refractivity contribution >= 4 is 10.9 Å². The van der Waals surface area contributed by atoms with E-state index in [0.29, 0.717) is 6.04 Å². The van der Waals surface area contributed by atoms with Crippen molar-refractivity contribution in [3.05, 3.63) is 77.7 Å². The maximum Gasteiger partial charge on any atom is 0.123 e. The highest BCUT2D eigenvalue weighted by molar-refractivity contribution is 5.81. The van der Waals surface area contributed by atoms with Gasteiger partial charge in [0.1, 0.15) is 5.82 Å². The summed E-state index contributed by atoms with van der Waals surface area (Å²) in [6.45, 7) is 1.87. The molecule has 3 aromatic rings. The average molecular weight is 320 g/mol. The van der Waals surface area contributed by atoms with Gasteiger partial charge in [-0.15, -0.1) is 0 Å². The fourth-order valence-electron chi connectivity index (χ4n) is 3.31. The lowest BCUT2D eigenvalue weighted by Crippen LogP contribution is -2.28. The quantitative estimate of drug-likeness (QED) is 0.661. The van der Waals surface area contributed by atoms with Crippen molar-refractivity contribution in [2.45, 2.75) is 31.8 Å². The molecule has 0 aliphatic heterocycles. The molecule has 1 aliphatic rings. The van der Waals surface area contributed by atoms with Crippen LogP contribution in [0.15, 0.2) is 60.8 Å². The summed E-state index contributed by atoms with van der Waals surface area (Å²) in [6.07, 6.45) is 5.27. The maximum absolute atomic E-state index is 13.4. The van der Waals surface area contributed by atoms with E-state index in [2.05, 4.69) is 34.1 Å². The van der Waals surface area contributed by atoms with E-state index < -0.39 is 0 Å². The van der Waals surface area contributed by atoms with Crippen molar-refractivity contribution in [3.8, 4) is 0 Å². The molecule has 1 saturated carbocycles. The first-order chi connectivity index (χ1) is 11.8. The second-order valence-electron chi connectivity index (χ2n) is 6.57. The van der Waals surface area contributed by atoms with E-state index in [1.165, 1.54) is 29.9 Å². The summed E-state index contributed by atoms with van der Waals surface area (Å²) < 4.78 is 13.4. The SMILES string of the molecule is Fc1cccc(CCN(Cc2cccc3cccnc23)C2CC2)c1. The molecule has 2 aromatic carbocycles. The molecule has 1 heterocycles. The topological polar surface area (TPSA) is 16.1 Å². The number of fused-ring (bicyclic) bond motifs is 1. The van der Waals surface area contributed by atoms with Gasteiger partial charge in [-0.05, 0) is 48.6 Å². The van der Waals surface area contributed by atoms with Gasteiger partial charge in [0.2, 0.25) is 0 Å². The third kappa shape index (κ3) is 3.46. The Kier molecular flexibility index (Phi) is 4.26. The van der Waals surface area contributed by atoms with E-state index in [9.17, 15) is 4.39 Å². The van der Waals surface area contributed by atoms with E-state index in [4.69, 9.17) is 0 Å². The zero-order valence-electron chi connectivity index (χ0n) is 13.7. The Balaban J connectivity index is 1.51. The smallest absolute Gasteiger partial charge is 0.123 e. The van der Waals surface area contributed by atoms with Gasteiger partial charge < -0.3 is 0 Å². The summed E-state index contributed by atoms with van der Waals surface area (Å²) in [5.41, 5.74) is 3.44. The molecule has 1 aromatic heterocycles. The Bertz CT molecular complexity index is 837. The third-order valence-electron chi connectivity index (χ3n) is 4.73. The highest BCUT2D eigenvalue weighted by Gasteiger charge is 2.29. The summed E-state index contributed by atoms with van der Waals surface area (Å²) in [7, 11) is 0. The minimum atomic E-state index is -0.149. The Labute approximate surface area is 141 Å². The van der Waals surface area contributed by atoms with Gasteiger partial charge >= 0.3 is 0 Å². The molecule has 1 fully saturated rings. The largest absolute Gasteiger partial charge is 0.296 e. The highest BCUT2D eigenvalue weighted by atomic mass is 19.1. The van der Waals surface area contributed by atoms with Gasteiger partial charge in [-0.1, -0.05) is 36.4 Å². The maximum atomic E-state index is 13.4. The van der Waals surface area contributed by atoms with Crippen LogP contribution in [0.2, 0.25) is 0 Å². The van der Waals surface area contributed by atoms with Crippen molar-refractivity contribution in [2.75, 3.05) is 6.54 Å². The molecule has 1 aliphatic carbocycles. The number of nitrogens with zero attached hydrogens (tertiary/aromatic N) is 2. The molecule has 0 N–H and O–H groups in total. The Morgan fingerprint density at radius 2 is 1.88 bits per heavy atom. The normalized spacial score (nSPS) is 14.4. The zero-order chi connectivity index (χ0) is 16.4. The van der Waals surface area contributed by atoms with E-state index in [1.807, 2.05) is 18.3 Å². The van der Waals surface area contributed by atoms with Crippen molar-refractivity contribution in [2.24, 2.45) is 0 Å². The molecule has 0 bridgehead atoms. The van der Waals surface area contributed by atoms with Crippen LogP contribution in [0, 0.1) is 5.82 Å². The lowest BCUT2D eigenvalue weighted by Gasteiger charge is -2.22. The molecule has 4 rings (SSSR count). The first-order valence-corrected chi connectivity index (χ1v) is 8.61. The standard InChI is InChI=1S/C21H21FN2/c22-19-8-1-4-16(14-19)11-13-24(20-9-10-20)15-18-6-2-5-17-7-3-12-23-21(17)18/h1-8,12,14,20H,9-11,13,15H2. The minimum absolute atomic E-state index is 0.149. The molecule has 0 saturated heterocycles. The minimum Gasteiger partial charge on any atom is -0.296 e. The molecule has 2 nitrogen and oxygen atoms in total. The van der Waals surface area contributed by atoms with Gasteiger partial charge in [0.15, 0.2) is 0 Å². The lowest BCUT2D eigenvalue weighted by atomic mass is 10.1. The summed E-state index contributed by atoms with van der Waals surface area (Å²) in [5.74, 6) is -0.149. The number of rotatable bonds is 6. The van der Waals surface area contributed by atoms with Gasteiger partial charge in [0.25, 0.3) is 0 Å². The number of aromatic nitrogens is 1. The second-order valence-corrected chi connectivity index (χ2v) is 6.57. The van der Waals surface area contributed by atoms with Gasteiger partial charge in [-0.2, -0.15) is 0 Å². The van der Waals surface area contributed by atoms with Gasteiger partial charge in [0, 0.05) is 30.7 Å². The lowest BCUT2D eigenvalue weighted by molar-refractivity contribution is 0.259. The molecule has 0 amide bonds. The summed E-state index contributed by atoms with van der Waals surface area (Å²) in [5, 5.41) is 1.19. The van der Waals surface area contributed by atoms with Gasteiger partial charge in [-0.3, -0.25) is 9.88 Å². The number of para-hydroxylation sites is 1. The number of hydrogen-bond donors (Lipinski definition) is 0. The summed E-state index contributed by atoms with van der Waals surface area (Å²) in [4.78, 5) is 7.09. The monoisotopic (exact) mass is 320 g/mol. The van der Waals surface area contributed by atoms with E-state index in [0.717, 1.165) is 30.6 Å². The summed E-state index contributed by atoms with van der Waals surface area (Å²) >= 11 is 0. The number of benzene rings is 2. The predicted octanol–water partition coefficient (Wildman–Crippen LogP) is 4.58. The van der Waals surface area contributed by atoms with Crippen LogP contribution in [0.5, 0.6) is 0 Å². The van der Waals surface area contributed by atoms with Crippen LogP contribution in [-0.2, 0) is 13.0 Å². The Morgan fingerprint density at radius 3 is 2.71 bits per heavy atom. The van der Waals surface area contributed by atoms with Crippen molar-refractivity contribution < 1.29 is 4.39 Å². The van der Waals surface area contributed by atoms with Crippen LogP contribution in [0.1, 0.15) is 24.0 Å². The van der Waals surface area contributed by atoms with Crippen LogP contribution >= 0.6 is 0 Å². The van der Waals surface area contributed by atoms with Crippen LogP contribution in [0.25, 0.3) is 10.9 Å². The zero-order valence-corrected chi connectivity index (χ0v) is 13.7. The molecule has 0 atom stereocenters. The highest BCUT2D eigenvalue weighted by Crippen LogP contribution is 2.29. The predicted molar refractivity (Wildman–Crippen MR) is 95.3 cm³/mol. The van der Waals surface area contributed by atoms with E-state index in [1.54, 1.807) is 12.1 Å². The van der Waals surface area contributed by atoms with Gasteiger partial charge in [0.05, 0.1) is 5.52 Å². The fourth-order valence-corrected chi connectivity index (χ4v) is 3.31. The van der Waals surface area contributed by atoms with Crippen LogP contribution in [-0.4, -0.2) is 22.5 Å². The molecule has 0 unspecified atom stereocenters. The third-order valence-corrected chi connectivity index (χ3v) is 4.73. The average Bonchev–Trinajstić information content (AvgIpc) is 3.44. The molecule has 3 heteroatoms. The molecular weight excluding hydrogens is 299 g/mol. The second kappa shape index (κ2) is 6.70.